The summed E-state index contributed by atoms with van der Waals surface area (Å²) >= 11 is 3.32. The molecule has 4 nitrogen and oxygen atoms in total. The van der Waals surface area contributed by atoms with Crippen LogP contribution in [0.25, 0.3) is 0 Å². The Bertz CT molecular complexity index is 433. The normalized spacial score (nSPS) is 12.7. The molecule has 106 valence electrons. The van der Waals surface area contributed by atoms with Crippen LogP contribution in [0.15, 0.2) is 22.7 Å². The van der Waals surface area contributed by atoms with E-state index in [1.807, 2.05) is 6.07 Å². The summed E-state index contributed by atoms with van der Waals surface area (Å²) in [5, 5.41) is 14.3. The topological polar surface area (TPSA) is 55.2 Å². The maximum Gasteiger partial charge on any atom is 0.283 e. The van der Waals surface area contributed by atoms with E-state index in [1.165, 1.54) is 6.07 Å². The molecule has 0 saturated carbocycles. The van der Waals surface area contributed by atoms with E-state index in [9.17, 15) is 10.1 Å². The Balaban J connectivity index is 2.73. The maximum atomic E-state index is 10.9. The fourth-order valence-electron chi connectivity index (χ4n) is 2.28. The molecule has 1 aromatic rings. The highest BCUT2D eigenvalue weighted by molar-refractivity contribution is 9.10. The van der Waals surface area contributed by atoms with Crippen LogP contribution in [-0.2, 0) is 6.54 Å². The summed E-state index contributed by atoms with van der Waals surface area (Å²) in [6.45, 7) is 7.19. The number of nitrogens with one attached hydrogen (secondary N) is 1. The molecule has 1 unspecified atom stereocenters. The van der Waals surface area contributed by atoms with Crippen molar-refractivity contribution in [2.75, 3.05) is 0 Å². The Kier molecular flexibility index (Phi) is 6.45. The quantitative estimate of drug-likeness (QED) is 0.600. The minimum absolute atomic E-state index is 0.120. The van der Waals surface area contributed by atoms with Crippen molar-refractivity contribution in [2.24, 2.45) is 5.92 Å². The summed E-state index contributed by atoms with van der Waals surface area (Å²) in [5.41, 5.74) is 1.04. The van der Waals surface area contributed by atoms with E-state index < -0.39 is 0 Å². The van der Waals surface area contributed by atoms with Crippen LogP contribution in [0.5, 0.6) is 0 Å². The zero-order valence-electron chi connectivity index (χ0n) is 11.6. The van der Waals surface area contributed by atoms with Crippen LogP contribution in [0.2, 0.25) is 0 Å². The molecule has 1 atom stereocenters. The summed E-state index contributed by atoms with van der Waals surface area (Å²) in [6.07, 6.45) is 2.28. The first-order valence-corrected chi connectivity index (χ1v) is 7.45. The summed E-state index contributed by atoms with van der Waals surface area (Å²) in [4.78, 5) is 10.5. The van der Waals surface area contributed by atoms with Crippen molar-refractivity contribution in [2.45, 2.75) is 46.2 Å². The van der Waals surface area contributed by atoms with Crippen molar-refractivity contribution in [1.82, 2.24) is 5.32 Å². The number of nitro groups is 1. The van der Waals surface area contributed by atoms with E-state index in [-0.39, 0.29) is 10.6 Å². The van der Waals surface area contributed by atoms with Crippen molar-refractivity contribution in [3.63, 3.8) is 0 Å². The first-order chi connectivity index (χ1) is 9.01. The summed E-state index contributed by atoms with van der Waals surface area (Å²) in [5.74, 6) is 0.637. The molecular weight excluding hydrogens is 308 g/mol. The number of benzene rings is 1. The molecule has 1 aromatic carbocycles. The van der Waals surface area contributed by atoms with Gasteiger partial charge in [0, 0.05) is 18.7 Å². The van der Waals surface area contributed by atoms with Crippen LogP contribution >= 0.6 is 15.9 Å². The Hall–Kier alpha value is -0.940. The van der Waals surface area contributed by atoms with Crippen LogP contribution in [0.4, 0.5) is 5.69 Å². The second-order valence-electron chi connectivity index (χ2n) is 4.75. The average Bonchev–Trinajstić information content (AvgIpc) is 2.38. The lowest BCUT2D eigenvalue weighted by atomic mass is 9.95. The minimum atomic E-state index is -0.363. The Morgan fingerprint density at radius 3 is 2.53 bits per heavy atom. The lowest BCUT2D eigenvalue weighted by molar-refractivity contribution is -0.385. The van der Waals surface area contributed by atoms with Crippen LogP contribution in [-0.4, -0.2) is 11.0 Å². The van der Waals surface area contributed by atoms with Gasteiger partial charge in [-0.25, -0.2) is 0 Å². The monoisotopic (exact) mass is 328 g/mol. The van der Waals surface area contributed by atoms with Gasteiger partial charge in [0.05, 0.1) is 9.40 Å². The second-order valence-corrected chi connectivity index (χ2v) is 5.55. The number of hydrogen-bond acceptors (Lipinski definition) is 3. The fourth-order valence-corrected chi connectivity index (χ4v) is 2.83. The molecule has 1 rings (SSSR count). The Morgan fingerprint density at radius 1 is 1.37 bits per heavy atom. The smallest absolute Gasteiger partial charge is 0.283 e. The van der Waals surface area contributed by atoms with Crippen LogP contribution in [0.1, 0.15) is 39.2 Å². The lowest BCUT2D eigenvalue weighted by Gasteiger charge is -2.22. The van der Waals surface area contributed by atoms with Crippen molar-refractivity contribution in [3.8, 4) is 0 Å². The number of halogens is 1. The van der Waals surface area contributed by atoms with Gasteiger partial charge in [-0.1, -0.05) is 38.8 Å². The average molecular weight is 329 g/mol. The zero-order valence-corrected chi connectivity index (χ0v) is 13.2. The molecule has 19 heavy (non-hydrogen) atoms. The van der Waals surface area contributed by atoms with E-state index in [2.05, 4.69) is 42.0 Å². The Labute approximate surface area is 122 Å². The van der Waals surface area contributed by atoms with Crippen molar-refractivity contribution in [3.05, 3.63) is 38.3 Å². The van der Waals surface area contributed by atoms with Gasteiger partial charge >= 0.3 is 0 Å². The highest BCUT2D eigenvalue weighted by Gasteiger charge is 2.17. The van der Waals surface area contributed by atoms with Gasteiger partial charge in [0.25, 0.3) is 5.69 Å². The molecule has 0 aliphatic heterocycles. The first-order valence-electron chi connectivity index (χ1n) is 6.66. The van der Waals surface area contributed by atoms with Gasteiger partial charge in [-0.2, -0.15) is 0 Å². The molecule has 0 radical (unpaired) electrons. The van der Waals surface area contributed by atoms with Crippen molar-refractivity contribution in [1.29, 1.82) is 0 Å². The fraction of sp³-hybridized carbons (Fsp3) is 0.571. The third-order valence-corrected chi connectivity index (χ3v) is 4.54. The van der Waals surface area contributed by atoms with Gasteiger partial charge in [0.15, 0.2) is 0 Å². The van der Waals surface area contributed by atoms with Crippen molar-refractivity contribution >= 4 is 21.6 Å². The molecule has 0 spiro atoms. The number of rotatable bonds is 7. The Morgan fingerprint density at radius 2 is 2.00 bits per heavy atom. The number of nitrogens with zero attached hydrogens (tertiary/aromatic N) is 1. The summed E-state index contributed by atoms with van der Waals surface area (Å²) in [7, 11) is 0. The van der Waals surface area contributed by atoms with E-state index in [4.69, 9.17) is 0 Å². The third kappa shape index (κ3) is 4.28. The van der Waals surface area contributed by atoms with Crippen molar-refractivity contribution < 1.29 is 4.92 Å². The second kappa shape index (κ2) is 7.60. The molecule has 0 amide bonds. The minimum Gasteiger partial charge on any atom is -0.310 e. The number of hydrogen-bond donors (Lipinski definition) is 1. The summed E-state index contributed by atoms with van der Waals surface area (Å²) in [6, 6.07) is 5.55. The maximum absolute atomic E-state index is 10.9. The molecule has 0 aromatic heterocycles. The van der Waals surface area contributed by atoms with Gasteiger partial charge in [-0.3, -0.25) is 10.1 Å². The lowest BCUT2D eigenvalue weighted by Crippen LogP contribution is -2.32. The standard InChI is InChI=1S/C14H21BrN2O2/c1-4-11(5-2)10(3)16-9-12-7-6-8-13(14(12)15)17(18)19/h6-8,10-11,16H,4-5,9H2,1-3H3. The van der Waals surface area contributed by atoms with Gasteiger partial charge in [0.2, 0.25) is 0 Å². The van der Waals surface area contributed by atoms with Gasteiger partial charge in [0.1, 0.15) is 0 Å². The molecule has 0 heterocycles. The predicted octanol–water partition coefficient (Wildman–Crippen LogP) is 4.27. The van der Waals surface area contributed by atoms with E-state index in [0.717, 1.165) is 18.4 Å². The zero-order chi connectivity index (χ0) is 14.4. The molecule has 5 heteroatoms. The first kappa shape index (κ1) is 16.1. The van der Waals surface area contributed by atoms with Crippen LogP contribution < -0.4 is 5.32 Å². The highest BCUT2D eigenvalue weighted by atomic mass is 79.9. The highest BCUT2D eigenvalue weighted by Crippen LogP contribution is 2.28. The predicted molar refractivity (Wildman–Crippen MR) is 81.2 cm³/mol. The molecular formula is C14H21BrN2O2. The third-order valence-electron chi connectivity index (χ3n) is 3.63. The molecule has 0 saturated heterocycles. The summed E-state index contributed by atoms with van der Waals surface area (Å²) < 4.78 is 0.573. The van der Waals surface area contributed by atoms with Crippen LogP contribution in [0, 0.1) is 16.0 Å². The molecule has 0 bridgehead atoms. The van der Waals surface area contributed by atoms with E-state index in [0.29, 0.717) is 23.0 Å². The molecule has 1 N–H and O–H groups in total. The SMILES string of the molecule is CCC(CC)C(C)NCc1cccc([N+](=O)[O-])c1Br. The number of nitro benzene ring substituents is 1. The largest absolute Gasteiger partial charge is 0.310 e. The molecule has 0 fully saturated rings. The van der Waals surface area contributed by atoms with Gasteiger partial charge in [-0.15, -0.1) is 0 Å². The van der Waals surface area contributed by atoms with E-state index in [1.54, 1.807) is 6.07 Å². The van der Waals surface area contributed by atoms with Gasteiger partial charge in [-0.05, 0) is 34.3 Å². The van der Waals surface area contributed by atoms with Gasteiger partial charge < -0.3 is 5.32 Å². The molecule has 0 aliphatic carbocycles. The molecule has 0 aliphatic rings. The van der Waals surface area contributed by atoms with E-state index >= 15 is 0 Å². The van der Waals surface area contributed by atoms with Crippen LogP contribution in [0.3, 0.4) is 0 Å².